The number of anilines is 1. The molecule has 0 spiro atoms. The van der Waals surface area contributed by atoms with Gasteiger partial charge in [0, 0.05) is 58.5 Å². The fourth-order valence-corrected chi connectivity index (χ4v) is 3.41. The van der Waals surface area contributed by atoms with E-state index in [1.807, 2.05) is 61.1 Å². The number of nitrogens with one attached hydrogen (secondary N) is 1. The summed E-state index contributed by atoms with van der Waals surface area (Å²) in [5.41, 5.74) is 2.83. The van der Waals surface area contributed by atoms with Crippen molar-refractivity contribution in [2.75, 3.05) is 52.4 Å². The Kier molecular flexibility index (Phi) is 10.8. The maximum atomic E-state index is 13.2. The van der Waals surface area contributed by atoms with Gasteiger partial charge in [0.15, 0.2) is 0 Å². The molecule has 2 rings (SSSR count). The fourth-order valence-electron chi connectivity index (χ4n) is 3.41. The number of hydrogen-bond acceptors (Lipinski definition) is 4. The van der Waals surface area contributed by atoms with Gasteiger partial charge in [-0.1, -0.05) is 25.1 Å². The number of carbonyl (C=O) groups excluding carboxylic acids is 2. The van der Waals surface area contributed by atoms with E-state index in [1.54, 1.807) is 24.0 Å². The van der Waals surface area contributed by atoms with E-state index < -0.39 is 0 Å². The van der Waals surface area contributed by atoms with Crippen molar-refractivity contribution in [3.8, 4) is 0 Å². The molecule has 176 valence electrons. The third-order valence-corrected chi connectivity index (χ3v) is 5.35. The average Bonchev–Trinajstić information content (AvgIpc) is 3.20. The first kappa shape index (κ1) is 25.4. The molecule has 2 aromatic rings. The average molecular weight is 445 g/mol. The molecular formula is C24H36N4O4. The van der Waals surface area contributed by atoms with Crippen molar-refractivity contribution in [3.63, 3.8) is 0 Å². The highest BCUT2D eigenvalue weighted by Crippen LogP contribution is 2.16. The number of benzene rings is 1. The number of rotatable bonds is 13. The number of nitrogens with zero attached hydrogens (tertiary/aromatic N) is 3. The van der Waals surface area contributed by atoms with Crippen molar-refractivity contribution >= 4 is 17.6 Å². The first-order chi connectivity index (χ1) is 15.5. The summed E-state index contributed by atoms with van der Waals surface area (Å²) in [7, 11) is 5.18. The Morgan fingerprint density at radius 3 is 2.41 bits per heavy atom. The standard InChI is InChI=1S/C24H36N4O4/c1-5-20-10-6-7-12-22(20)25-24(30)28(14-9-16-31-3)19-23(29)27(15-17-32-4)18-21-11-8-13-26(21)2/h6-8,10-13H,5,9,14-19H2,1-4H3,(H,25,30). The minimum atomic E-state index is -0.291. The molecule has 0 saturated heterocycles. The smallest absolute Gasteiger partial charge is 0.322 e. The van der Waals surface area contributed by atoms with Crippen LogP contribution in [0.4, 0.5) is 10.5 Å². The molecule has 1 N–H and O–H groups in total. The van der Waals surface area contributed by atoms with Crippen molar-refractivity contribution in [1.29, 1.82) is 0 Å². The van der Waals surface area contributed by atoms with Crippen LogP contribution >= 0.6 is 0 Å². The van der Waals surface area contributed by atoms with Crippen LogP contribution < -0.4 is 5.32 Å². The van der Waals surface area contributed by atoms with E-state index >= 15 is 0 Å². The summed E-state index contributed by atoms with van der Waals surface area (Å²) < 4.78 is 12.3. The van der Waals surface area contributed by atoms with E-state index in [0.29, 0.717) is 39.3 Å². The molecule has 3 amide bonds. The van der Waals surface area contributed by atoms with Gasteiger partial charge in [-0.2, -0.15) is 0 Å². The Bertz CT molecular complexity index is 852. The second-order valence-electron chi connectivity index (χ2n) is 7.63. The number of carbonyl (C=O) groups is 2. The Morgan fingerprint density at radius 2 is 1.75 bits per heavy atom. The van der Waals surface area contributed by atoms with Crippen molar-refractivity contribution in [2.45, 2.75) is 26.3 Å². The van der Waals surface area contributed by atoms with E-state index in [0.717, 1.165) is 23.4 Å². The summed E-state index contributed by atoms with van der Waals surface area (Å²) in [4.78, 5) is 29.6. The Morgan fingerprint density at radius 1 is 1.00 bits per heavy atom. The lowest BCUT2D eigenvalue weighted by Gasteiger charge is -2.28. The summed E-state index contributed by atoms with van der Waals surface area (Å²) in [5, 5.41) is 2.98. The van der Waals surface area contributed by atoms with Crippen molar-refractivity contribution in [3.05, 3.63) is 53.9 Å². The normalized spacial score (nSPS) is 10.8. The van der Waals surface area contributed by atoms with Gasteiger partial charge in [0.05, 0.1) is 13.2 Å². The summed E-state index contributed by atoms with van der Waals surface area (Å²) in [6.45, 7) is 4.29. The Hall–Kier alpha value is -2.84. The highest BCUT2D eigenvalue weighted by atomic mass is 16.5. The molecule has 0 unspecified atom stereocenters. The van der Waals surface area contributed by atoms with Gasteiger partial charge in [0.1, 0.15) is 6.54 Å². The highest BCUT2D eigenvalue weighted by molar-refractivity contribution is 5.93. The van der Waals surface area contributed by atoms with Gasteiger partial charge in [-0.15, -0.1) is 0 Å². The van der Waals surface area contributed by atoms with Gasteiger partial charge in [0.2, 0.25) is 5.91 Å². The summed E-state index contributed by atoms with van der Waals surface area (Å²) in [5.74, 6) is -0.125. The third-order valence-electron chi connectivity index (χ3n) is 5.35. The molecule has 1 heterocycles. The first-order valence-corrected chi connectivity index (χ1v) is 11.0. The molecule has 0 atom stereocenters. The number of hydrogen-bond donors (Lipinski definition) is 1. The molecule has 0 saturated carbocycles. The number of urea groups is 1. The monoisotopic (exact) mass is 444 g/mol. The minimum absolute atomic E-state index is 0.0159. The van der Waals surface area contributed by atoms with Crippen LogP contribution in [0.3, 0.4) is 0 Å². The summed E-state index contributed by atoms with van der Waals surface area (Å²) in [6.07, 6.45) is 3.40. The van der Waals surface area contributed by atoms with Crippen LogP contribution in [0.1, 0.15) is 24.6 Å². The van der Waals surface area contributed by atoms with Gasteiger partial charge in [-0.25, -0.2) is 4.79 Å². The minimum Gasteiger partial charge on any atom is -0.385 e. The third kappa shape index (κ3) is 7.69. The lowest BCUT2D eigenvalue weighted by Crippen LogP contribution is -2.45. The van der Waals surface area contributed by atoms with E-state index in [2.05, 4.69) is 5.32 Å². The molecule has 0 aliphatic heterocycles. The predicted molar refractivity (Wildman–Crippen MR) is 126 cm³/mol. The lowest BCUT2D eigenvalue weighted by atomic mass is 10.1. The van der Waals surface area contributed by atoms with Crippen LogP contribution in [0.25, 0.3) is 0 Å². The number of ether oxygens (including phenoxy) is 2. The Balaban J connectivity index is 2.13. The molecular weight excluding hydrogens is 408 g/mol. The van der Waals surface area contributed by atoms with Crippen LogP contribution in [-0.4, -0.2) is 73.4 Å². The maximum Gasteiger partial charge on any atom is 0.322 e. The molecule has 1 aromatic carbocycles. The van der Waals surface area contributed by atoms with Crippen LogP contribution in [0.15, 0.2) is 42.6 Å². The van der Waals surface area contributed by atoms with Crippen LogP contribution in [0.2, 0.25) is 0 Å². The zero-order valence-corrected chi connectivity index (χ0v) is 19.7. The van der Waals surface area contributed by atoms with Gasteiger partial charge in [0.25, 0.3) is 0 Å². The van der Waals surface area contributed by atoms with Gasteiger partial charge in [-0.3, -0.25) is 4.79 Å². The van der Waals surface area contributed by atoms with Crippen molar-refractivity contribution in [2.24, 2.45) is 7.05 Å². The maximum absolute atomic E-state index is 13.2. The van der Waals surface area contributed by atoms with Crippen molar-refractivity contribution in [1.82, 2.24) is 14.4 Å². The zero-order valence-electron chi connectivity index (χ0n) is 19.7. The molecule has 0 aliphatic carbocycles. The quantitative estimate of drug-likeness (QED) is 0.482. The predicted octanol–water partition coefficient (Wildman–Crippen LogP) is 3.13. The van der Waals surface area contributed by atoms with E-state index in [-0.39, 0.29) is 18.5 Å². The highest BCUT2D eigenvalue weighted by Gasteiger charge is 2.22. The molecule has 0 bridgehead atoms. The number of aromatic nitrogens is 1. The van der Waals surface area contributed by atoms with E-state index in [4.69, 9.17) is 9.47 Å². The number of aryl methyl sites for hydroxylation is 2. The van der Waals surface area contributed by atoms with Gasteiger partial charge in [-0.05, 0) is 36.6 Å². The zero-order chi connectivity index (χ0) is 23.3. The second-order valence-corrected chi connectivity index (χ2v) is 7.63. The van der Waals surface area contributed by atoms with Crippen LogP contribution in [0.5, 0.6) is 0 Å². The SMILES string of the molecule is CCc1ccccc1NC(=O)N(CCCOC)CC(=O)N(CCOC)Cc1cccn1C. The molecule has 8 heteroatoms. The molecule has 0 fully saturated rings. The van der Waals surface area contributed by atoms with Gasteiger partial charge >= 0.3 is 6.03 Å². The van der Waals surface area contributed by atoms with Crippen molar-refractivity contribution < 1.29 is 19.1 Å². The van der Waals surface area contributed by atoms with Gasteiger partial charge < -0.3 is 29.2 Å². The fraction of sp³-hybridized carbons (Fsp3) is 0.500. The summed E-state index contributed by atoms with van der Waals surface area (Å²) in [6, 6.07) is 11.4. The molecule has 8 nitrogen and oxygen atoms in total. The summed E-state index contributed by atoms with van der Waals surface area (Å²) >= 11 is 0. The van der Waals surface area contributed by atoms with E-state index in [9.17, 15) is 9.59 Å². The second kappa shape index (κ2) is 13.5. The number of amides is 3. The largest absolute Gasteiger partial charge is 0.385 e. The Labute approximate surface area is 191 Å². The van der Waals surface area contributed by atoms with Crippen LogP contribution in [-0.2, 0) is 34.3 Å². The first-order valence-electron chi connectivity index (χ1n) is 11.0. The lowest BCUT2D eigenvalue weighted by molar-refractivity contribution is -0.133. The number of methoxy groups -OCH3 is 2. The molecule has 32 heavy (non-hydrogen) atoms. The molecule has 0 radical (unpaired) electrons. The van der Waals surface area contributed by atoms with E-state index in [1.165, 1.54) is 0 Å². The number of para-hydroxylation sites is 1. The molecule has 1 aromatic heterocycles. The molecule has 0 aliphatic rings. The topological polar surface area (TPSA) is 76.0 Å². The van der Waals surface area contributed by atoms with Crippen LogP contribution in [0, 0.1) is 0 Å².